The molecule has 0 aromatic carbocycles. The minimum absolute atomic E-state index is 0.145. The molecule has 0 radical (unpaired) electrons. The molecule has 2 fully saturated rings. The molecule has 0 amide bonds. The lowest BCUT2D eigenvalue weighted by molar-refractivity contribution is 0.0690. The number of fused-ring (bicyclic) bond motifs is 2. The second-order valence-corrected chi connectivity index (χ2v) is 5.12. The fourth-order valence-corrected chi connectivity index (χ4v) is 3.14. The second-order valence-electron chi connectivity index (χ2n) is 5.12. The van der Waals surface area contributed by atoms with Gasteiger partial charge in [-0.2, -0.15) is 0 Å². The predicted molar refractivity (Wildman–Crippen MR) is 62.7 cm³/mol. The van der Waals surface area contributed by atoms with Crippen LogP contribution in [0.2, 0.25) is 0 Å². The molecule has 1 N–H and O–H groups in total. The number of carbonyl (C=O) groups is 1. The van der Waals surface area contributed by atoms with Gasteiger partial charge in [0.1, 0.15) is 5.69 Å². The van der Waals surface area contributed by atoms with Gasteiger partial charge in [-0.15, -0.1) is 0 Å². The minimum Gasteiger partial charge on any atom is -0.477 e. The second kappa shape index (κ2) is 4.11. The summed E-state index contributed by atoms with van der Waals surface area (Å²) in [6.45, 7) is 2.04. The summed E-state index contributed by atoms with van der Waals surface area (Å²) in [7, 11) is 0. The van der Waals surface area contributed by atoms with Crippen molar-refractivity contribution in [2.24, 2.45) is 5.92 Å². The summed E-state index contributed by atoms with van der Waals surface area (Å²) in [5, 5.41) is 8.90. The van der Waals surface area contributed by atoms with Crippen LogP contribution in [0.4, 0.5) is 0 Å². The van der Waals surface area contributed by atoms with Crippen molar-refractivity contribution < 1.29 is 9.90 Å². The van der Waals surface area contributed by atoms with Gasteiger partial charge in [0.15, 0.2) is 0 Å². The molecule has 1 saturated heterocycles. The van der Waals surface area contributed by atoms with Crippen molar-refractivity contribution in [2.45, 2.75) is 31.8 Å². The predicted octanol–water partition coefficient (Wildman–Crippen LogP) is 1.76. The van der Waals surface area contributed by atoms with Crippen LogP contribution in [0.1, 0.15) is 35.3 Å². The zero-order chi connectivity index (χ0) is 11.8. The van der Waals surface area contributed by atoms with Crippen LogP contribution in [-0.4, -0.2) is 33.5 Å². The Morgan fingerprint density at radius 2 is 2.41 bits per heavy atom. The molecule has 2 unspecified atom stereocenters. The molecule has 1 aliphatic heterocycles. The van der Waals surface area contributed by atoms with Crippen LogP contribution in [0.25, 0.3) is 0 Å². The van der Waals surface area contributed by atoms with Crippen molar-refractivity contribution >= 4 is 5.97 Å². The van der Waals surface area contributed by atoms with Gasteiger partial charge in [-0.05, 0) is 42.9 Å². The van der Waals surface area contributed by atoms with Crippen molar-refractivity contribution in [1.82, 2.24) is 9.88 Å². The van der Waals surface area contributed by atoms with Crippen molar-refractivity contribution in [2.75, 3.05) is 6.54 Å². The molecule has 1 saturated carbocycles. The molecular weight excluding hydrogens is 216 g/mol. The molecule has 2 aliphatic rings. The lowest BCUT2D eigenvalue weighted by Crippen LogP contribution is -2.31. The molecule has 2 atom stereocenters. The molecule has 1 aliphatic carbocycles. The van der Waals surface area contributed by atoms with Crippen LogP contribution in [-0.2, 0) is 6.54 Å². The zero-order valence-electron chi connectivity index (χ0n) is 9.67. The van der Waals surface area contributed by atoms with Crippen LogP contribution in [0.3, 0.4) is 0 Å². The Balaban J connectivity index is 1.73. The maximum Gasteiger partial charge on any atom is 0.354 e. The van der Waals surface area contributed by atoms with E-state index >= 15 is 0 Å². The quantitative estimate of drug-likeness (QED) is 0.862. The molecule has 4 nitrogen and oxygen atoms in total. The Kier molecular flexibility index (Phi) is 2.59. The fraction of sp³-hybridized carbons (Fsp3) is 0.538. The largest absolute Gasteiger partial charge is 0.477 e. The average molecular weight is 232 g/mol. The first kappa shape index (κ1) is 10.7. The first-order valence-corrected chi connectivity index (χ1v) is 6.14. The Labute approximate surface area is 100 Å². The highest BCUT2D eigenvalue weighted by molar-refractivity contribution is 5.85. The van der Waals surface area contributed by atoms with Crippen LogP contribution in [0, 0.1) is 5.92 Å². The number of aromatic nitrogens is 1. The fourth-order valence-electron chi connectivity index (χ4n) is 3.14. The standard InChI is InChI=1S/C13H16N2O2/c16-13(17)12-6-10(3-4-14-12)8-15-7-9-1-2-11(15)5-9/h3-4,6,9,11H,1-2,5,7-8H2,(H,16,17). The van der Waals surface area contributed by atoms with Gasteiger partial charge in [0.25, 0.3) is 0 Å². The first-order valence-electron chi connectivity index (χ1n) is 6.14. The zero-order valence-corrected chi connectivity index (χ0v) is 9.67. The van der Waals surface area contributed by atoms with Crippen LogP contribution in [0.5, 0.6) is 0 Å². The molecule has 17 heavy (non-hydrogen) atoms. The van der Waals surface area contributed by atoms with E-state index in [4.69, 9.17) is 5.11 Å². The van der Waals surface area contributed by atoms with Gasteiger partial charge in [0.05, 0.1) is 0 Å². The maximum absolute atomic E-state index is 10.8. The van der Waals surface area contributed by atoms with Gasteiger partial charge in [-0.3, -0.25) is 4.90 Å². The highest BCUT2D eigenvalue weighted by atomic mass is 16.4. The summed E-state index contributed by atoms with van der Waals surface area (Å²) in [4.78, 5) is 17.2. The van der Waals surface area contributed by atoms with Crippen LogP contribution >= 0.6 is 0 Å². The van der Waals surface area contributed by atoms with E-state index in [1.165, 1.54) is 25.8 Å². The Morgan fingerprint density at radius 1 is 1.53 bits per heavy atom. The molecule has 3 rings (SSSR count). The molecule has 1 aromatic heterocycles. The van der Waals surface area contributed by atoms with E-state index in [0.29, 0.717) is 0 Å². The topological polar surface area (TPSA) is 53.4 Å². The van der Waals surface area contributed by atoms with E-state index in [1.807, 2.05) is 6.07 Å². The van der Waals surface area contributed by atoms with Crippen molar-refractivity contribution in [3.05, 3.63) is 29.6 Å². The maximum atomic E-state index is 10.8. The van der Waals surface area contributed by atoms with Crippen molar-refractivity contribution in [3.8, 4) is 0 Å². The number of pyridine rings is 1. The summed E-state index contributed by atoms with van der Waals surface area (Å²) in [6, 6.07) is 4.33. The molecule has 1 aromatic rings. The summed E-state index contributed by atoms with van der Waals surface area (Å²) < 4.78 is 0. The normalized spacial score (nSPS) is 27.5. The van der Waals surface area contributed by atoms with Gasteiger partial charge in [-0.25, -0.2) is 9.78 Å². The van der Waals surface area contributed by atoms with E-state index in [1.54, 1.807) is 12.3 Å². The lowest BCUT2D eigenvalue weighted by atomic mass is 10.1. The molecule has 2 bridgehead atoms. The van der Waals surface area contributed by atoms with Gasteiger partial charge in [0, 0.05) is 25.3 Å². The van der Waals surface area contributed by atoms with Gasteiger partial charge in [0.2, 0.25) is 0 Å². The first-order chi connectivity index (χ1) is 8.22. The smallest absolute Gasteiger partial charge is 0.354 e. The average Bonchev–Trinajstić information content (AvgIpc) is 2.91. The number of hydrogen-bond acceptors (Lipinski definition) is 3. The number of carboxylic acid groups (broad SMARTS) is 1. The number of nitrogens with zero attached hydrogens (tertiary/aromatic N) is 2. The SMILES string of the molecule is O=C(O)c1cc(CN2CC3CCC2C3)ccn1. The van der Waals surface area contributed by atoms with Crippen LogP contribution in [0.15, 0.2) is 18.3 Å². The minimum atomic E-state index is -0.949. The van der Waals surface area contributed by atoms with Crippen molar-refractivity contribution in [1.29, 1.82) is 0 Å². The van der Waals surface area contributed by atoms with Gasteiger partial charge < -0.3 is 5.11 Å². The van der Waals surface area contributed by atoms with Gasteiger partial charge >= 0.3 is 5.97 Å². The highest BCUT2D eigenvalue weighted by Crippen LogP contribution is 2.37. The molecule has 0 spiro atoms. The monoisotopic (exact) mass is 232 g/mol. The molecule has 2 heterocycles. The third-order valence-electron chi connectivity index (χ3n) is 3.95. The van der Waals surface area contributed by atoms with Crippen LogP contribution < -0.4 is 0 Å². The Bertz CT molecular complexity index is 447. The number of hydrogen-bond donors (Lipinski definition) is 1. The molecular formula is C13H16N2O2. The Morgan fingerprint density at radius 3 is 3.06 bits per heavy atom. The number of likely N-dealkylation sites (tertiary alicyclic amines) is 1. The summed E-state index contributed by atoms with van der Waals surface area (Å²) in [6.07, 6.45) is 5.60. The van der Waals surface area contributed by atoms with E-state index in [-0.39, 0.29) is 5.69 Å². The third kappa shape index (κ3) is 2.05. The number of carboxylic acids is 1. The molecule has 4 heteroatoms. The summed E-state index contributed by atoms with van der Waals surface area (Å²) in [5.74, 6) is -0.0735. The molecule has 90 valence electrons. The van der Waals surface area contributed by atoms with Gasteiger partial charge in [-0.1, -0.05) is 0 Å². The van der Waals surface area contributed by atoms with E-state index in [2.05, 4.69) is 9.88 Å². The number of piperidine rings is 1. The Hall–Kier alpha value is -1.42. The van der Waals surface area contributed by atoms with E-state index in [0.717, 1.165) is 24.1 Å². The third-order valence-corrected chi connectivity index (χ3v) is 3.95. The number of aromatic carboxylic acids is 1. The van der Waals surface area contributed by atoms with Crippen molar-refractivity contribution in [3.63, 3.8) is 0 Å². The summed E-state index contributed by atoms with van der Waals surface area (Å²) in [5.41, 5.74) is 1.21. The number of rotatable bonds is 3. The van der Waals surface area contributed by atoms with E-state index < -0.39 is 5.97 Å². The lowest BCUT2D eigenvalue weighted by Gasteiger charge is -2.26. The highest BCUT2D eigenvalue weighted by Gasteiger charge is 2.37. The summed E-state index contributed by atoms with van der Waals surface area (Å²) >= 11 is 0. The van der Waals surface area contributed by atoms with E-state index in [9.17, 15) is 4.79 Å².